The molecule has 0 bridgehead atoms. The van der Waals surface area contributed by atoms with E-state index >= 15 is 0 Å². The van der Waals surface area contributed by atoms with E-state index in [4.69, 9.17) is 11.5 Å². The molecule has 0 unspecified atom stereocenters. The lowest BCUT2D eigenvalue weighted by molar-refractivity contribution is 0.852. The zero-order valence-corrected chi connectivity index (χ0v) is 9.31. The van der Waals surface area contributed by atoms with Crippen LogP contribution in [0.15, 0.2) is 35.1 Å². The van der Waals surface area contributed by atoms with Crippen LogP contribution in [0.3, 0.4) is 0 Å². The molecule has 0 atom stereocenters. The number of para-hydroxylation sites is 1. The van der Waals surface area contributed by atoms with Crippen molar-refractivity contribution in [1.29, 1.82) is 0 Å². The molecule has 0 aliphatic heterocycles. The third-order valence-corrected chi connectivity index (χ3v) is 2.50. The number of hydrogen-bond donors (Lipinski definition) is 3. The summed E-state index contributed by atoms with van der Waals surface area (Å²) in [4.78, 5) is 17.9. The molecule has 1 heterocycles. The molecule has 2 aromatic rings. The average molecular weight is 230 g/mol. The summed E-state index contributed by atoms with van der Waals surface area (Å²) in [6, 6.07) is 8.89. The van der Waals surface area contributed by atoms with Crippen LogP contribution in [0.25, 0.3) is 0 Å². The van der Waals surface area contributed by atoms with Crippen molar-refractivity contribution in [3.63, 3.8) is 0 Å². The number of aromatic nitrogens is 2. The van der Waals surface area contributed by atoms with Gasteiger partial charge in [-0.1, -0.05) is 18.2 Å². The van der Waals surface area contributed by atoms with Gasteiger partial charge in [-0.3, -0.25) is 4.79 Å². The Kier molecular flexibility index (Phi) is 3.09. The summed E-state index contributed by atoms with van der Waals surface area (Å²) in [5, 5.41) is 0. The van der Waals surface area contributed by atoms with Crippen LogP contribution in [0.5, 0.6) is 0 Å². The van der Waals surface area contributed by atoms with Gasteiger partial charge in [0.05, 0.1) is 0 Å². The number of benzene rings is 1. The third-order valence-electron chi connectivity index (χ3n) is 2.50. The van der Waals surface area contributed by atoms with Gasteiger partial charge in [0, 0.05) is 18.2 Å². The van der Waals surface area contributed by atoms with E-state index < -0.39 is 0 Å². The lowest BCUT2D eigenvalue weighted by Gasteiger charge is -2.05. The fraction of sp³-hybridized carbons (Fsp3) is 0.167. The average Bonchev–Trinajstić information content (AvgIpc) is 2.27. The van der Waals surface area contributed by atoms with E-state index in [1.54, 1.807) is 0 Å². The fourth-order valence-electron chi connectivity index (χ4n) is 1.66. The Morgan fingerprint density at radius 1 is 1.18 bits per heavy atom. The number of aryl methyl sites for hydroxylation is 2. The first-order valence-corrected chi connectivity index (χ1v) is 5.34. The molecule has 0 aliphatic rings. The van der Waals surface area contributed by atoms with Crippen molar-refractivity contribution in [2.24, 2.45) is 0 Å². The van der Waals surface area contributed by atoms with E-state index in [0.29, 0.717) is 12.2 Å². The molecule has 0 radical (unpaired) electrons. The largest absolute Gasteiger partial charge is 0.399 e. The van der Waals surface area contributed by atoms with Crippen LogP contribution in [-0.4, -0.2) is 9.97 Å². The molecule has 2 rings (SSSR count). The second-order valence-electron chi connectivity index (χ2n) is 3.82. The minimum absolute atomic E-state index is 0.228. The topological polar surface area (TPSA) is 97.8 Å². The maximum Gasteiger partial charge on any atom is 0.252 e. The van der Waals surface area contributed by atoms with Crippen molar-refractivity contribution < 1.29 is 0 Å². The second-order valence-corrected chi connectivity index (χ2v) is 3.82. The van der Waals surface area contributed by atoms with E-state index in [2.05, 4.69) is 9.97 Å². The molecular weight excluding hydrogens is 216 g/mol. The molecule has 0 saturated carbocycles. The third kappa shape index (κ3) is 2.84. The Hall–Kier alpha value is -2.30. The molecule has 0 fully saturated rings. The zero-order chi connectivity index (χ0) is 12.3. The summed E-state index contributed by atoms with van der Waals surface area (Å²) >= 11 is 0. The van der Waals surface area contributed by atoms with E-state index in [9.17, 15) is 4.79 Å². The van der Waals surface area contributed by atoms with E-state index in [0.717, 1.165) is 17.7 Å². The van der Waals surface area contributed by atoms with Gasteiger partial charge in [0.15, 0.2) is 0 Å². The van der Waals surface area contributed by atoms with Gasteiger partial charge < -0.3 is 16.5 Å². The van der Waals surface area contributed by atoms with Crippen molar-refractivity contribution in [3.05, 3.63) is 52.1 Å². The zero-order valence-electron chi connectivity index (χ0n) is 9.31. The Labute approximate surface area is 98.5 Å². The molecule has 17 heavy (non-hydrogen) atoms. The normalized spacial score (nSPS) is 10.4. The smallest absolute Gasteiger partial charge is 0.252 e. The molecule has 5 N–H and O–H groups in total. The van der Waals surface area contributed by atoms with Crippen molar-refractivity contribution in [2.45, 2.75) is 12.8 Å². The van der Waals surface area contributed by atoms with Crippen molar-refractivity contribution in [3.8, 4) is 0 Å². The van der Waals surface area contributed by atoms with Crippen molar-refractivity contribution in [1.82, 2.24) is 9.97 Å². The van der Waals surface area contributed by atoms with Gasteiger partial charge in [-0.15, -0.1) is 0 Å². The standard InChI is InChI=1S/C12H14N4O/c13-9-4-2-1-3-8(9)5-6-11-15-10(14)7-12(17)16-11/h1-4,7H,5-6,13H2,(H3,14,15,16,17). The minimum Gasteiger partial charge on any atom is -0.399 e. The molecule has 5 heteroatoms. The Bertz CT molecular complexity index is 577. The number of nitrogens with one attached hydrogen (secondary N) is 1. The Morgan fingerprint density at radius 2 is 1.94 bits per heavy atom. The number of hydrogen-bond acceptors (Lipinski definition) is 4. The Morgan fingerprint density at radius 3 is 2.65 bits per heavy atom. The Balaban J connectivity index is 2.13. The van der Waals surface area contributed by atoms with Crippen molar-refractivity contribution in [2.75, 3.05) is 11.5 Å². The predicted octanol–water partition coefficient (Wildman–Crippen LogP) is 0.719. The number of nitrogens with two attached hydrogens (primary N) is 2. The molecule has 5 nitrogen and oxygen atoms in total. The number of anilines is 2. The molecule has 0 saturated heterocycles. The van der Waals surface area contributed by atoms with Crippen LogP contribution < -0.4 is 17.0 Å². The highest BCUT2D eigenvalue weighted by Crippen LogP contribution is 2.12. The van der Waals surface area contributed by atoms with Gasteiger partial charge in [0.1, 0.15) is 11.6 Å². The molecule has 0 aliphatic carbocycles. The van der Waals surface area contributed by atoms with E-state index in [1.807, 2.05) is 24.3 Å². The predicted molar refractivity (Wildman–Crippen MR) is 67.5 cm³/mol. The molecule has 88 valence electrons. The van der Waals surface area contributed by atoms with Crippen molar-refractivity contribution >= 4 is 11.5 Å². The van der Waals surface area contributed by atoms with Gasteiger partial charge in [-0.05, 0) is 18.1 Å². The van der Waals surface area contributed by atoms with E-state index in [1.165, 1.54) is 6.07 Å². The van der Waals surface area contributed by atoms with Gasteiger partial charge in [-0.25, -0.2) is 4.98 Å². The number of H-pyrrole nitrogens is 1. The quantitative estimate of drug-likeness (QED) is 0.677. The molecular formula is C12H14N4O. The number of nitrogens with zero attached hydrogens (tertiary/aromatic N) is 1. The van der Waals surface area contributed by atoms with Gasteiger partial charge in [0.2, 0.25) is 0 Å². The minimum atomic E-state index is -0.228. The monoisotopic (exact) mass is 230 g/mol. The van der Waals surface area contributed by atoms with Crippen LogP contribution >= 0.6 is 0 Å². The summed E-state index contributed by atoms with van der Waals surface area (Å²) in [5.74, 6) is 0.822. The highest BCUT2D eigenvalue weighted by molar-refractivity contribution is 5.46. The highest BCUT2D eigenvalue weighted by Gasteiger charge is 2.02. The maximum atomic E-state index is 11.2. The summed E-state index contributed by atoms with van der Waals surface area (Å²) in [7, 11) is 0. The summed E-state index contributed by atoms with van der Waals surface area (Å²) in [6.45, 7) is 0. The lowest BCUT2D eigenvalue weighted by Crippen LogP contribution is -2.13. The van der Waals surface area contributed by atoms with Gasteiger partial charge in [-0.2, -0.15) is 0 Å². The first-order valence-electron chi connectivity index (χ1n) is 5.34. The maximum absolute atomic E-state index is 11.2. The molecule has 1 aromatic carbocycles. The summed E-state index contributed by atoms with van der Waals surface area (Å²) < 4.78 is 0. The van der Waals surface area contributed by atoms with Crippen LogP contribution in [0.1, 0.15) is 11.4 Å². The first-order chi connectivity index (χ1) is 8.15. The first kappa shape index (κ1) is 11.2. The van der Waals surface area contributed by atoms with Crippen LogP contribution in [0.2, 0.25) is 0 Å². The highest BCUT2D eigenvalue weighted by atomic mass is 16.1. The van der Waals surface area contributed by atoms with Gasteiger partial charge in [0.25, 0.3) is 5.56 Å². The second kappa shape index (κ2) is 4.69. The summed E-state index contributed by atoms with van der Waals surface area (Å²) in [5.41, 5.74) is 12.9. The van der Waals surface area contributed by atoms with E-state index in [-0.39, 0.29) is 11.4 Å². The molecule has 0 amide bonds. The number of rotatable bonds is 3. The summed E-state index contributed by atoms with van der Waals surface area (Å²) in [6.07, 6.45) is 1.33. The van der Waals surface area contributed by atoms with Crippen LogP contribution in [0, 0.1) is 0 Å². The number of nitrogen functional groups attached to an aromatic ring is 2. The van der Waals surface area contributed by atoms with Crippen LogP contribution in [-0.2, 0) is 12.8 Å². The van der Waals surface area contributed by atoms with Gasteiger partial charge >= 0.3 is 0 Å². The molecule has 1 aromatic heterocycles. The SMILES string of the molecule is Nc1cc(=O)[nH]c(CCc2ccccc2N)n1. The fourth-order valence-corrected chi connectivity index (χ4v) is 1.66. The lowest BCUT2D eigenvalue weighted by atomic mass is 10.1. The number of aromatic amines is 1. The molecule has 0 spiro atoms. The van der Waals surface area contributed by atoms with Crippen LogP contribution in [0.4, 0.5) is 11.5 Å².